The lowest BCUT2D eigenvalue weighted by Crippen LogP contribution is -2.10. The monoisotopic (exact) mass is 281 g/mol. The van der Waals surface area contributed by atoms with E-state index in [1.165, 1.54) is 0 Å². The van der Waals surface area contributed by atoms with E-state index in [0.717, 1.165) is 15.6 Å². The van der Waals surface area contributed by atoms with Gasteiger partial charge in [0, 0.05) is 10.5 Å². The van der Waals surface area contributed by atoms with Crippen LogP contribution < -0.4 is 5.73 Å². The molecule has 0 radical (unpaired) electrons. The predicted molar refractivity (Wildman–Crippen MR) is 63.6 cm³/mol. The molecule has 1 nitrogen and oxygen atoms in total. The maximum absolute atomic E-state index is 12.0. The van der Waals surface area contributed by atoms with Gasteiger partial charge in [-0.2, -0.15) is 0 Å². The van der Waals surface area contributed by atoms with Crippen LogP contribution in [-0.2, 0) is 0 Å². The maximum atomic E-state index is 12.0. The first-order chi connectivity index (χ1) is 6.15. The van der Waals surface area contributed by atoms with Gasteiger partial charge in [0.15, 0.2) is 0 Å². The smallest absolute Gasteiger partial charge is 0.0912 e. The maximum Gasteiger partial charge on any atom is 0.0912 e. The molecular weight excluding hydrogens is 268 g/mol. The van der Waals surface area contributed by atoms with E-state index in [9.17, 15) is 4.39 Å². The zero-order valence-electron chi connectivity index (χ0n) is 7.97. The van der Waals surface area contributed by atoms with Crippen LogP contribution in [0.5, 0.6) is 0 Å². The molecule has 0 saturated carbocycles. The van der Waals surface area contributed by atoms with Crippen LogP contribution in [0.25, 0.3) is 0 Å². The number of aryl methyl sites for hydroxylation is 1. The molecule has 1 aromatic rings. The lowest BCUT2D eigenvalue weighted by molar-refractivity contribution is 0.442. The van der Waals surface area contributed by atoms with Gasteiger partial charge in [0.2, 0.25) is 0 Å². The number of hydrogen-bond donors (Lipinski definition) is 1. The van der Waals surface area contributed by atoms with Gasteiger partial charge >= 0.3 is 0 Å². The average molecular weight is 283 g/mol. The molecule has 0 saturated heterocycles. The van der Waals surface area contributed by atoms with Crippen LogP contribution in [0.3, 0.4) is 0 Å². The van der Waals surface area contributed by atoms with E-state index in [0.29, 0.717) is 6.42 Å². The Kier molecular flexibility index (Phi) is 6.33. The number of benzene rings is 1. The molecule has 1 atom stereocenters. The standard InChI is InChI=1S/C10H13BrFN.ClH/c1-7-2-3-8(6-9(7)11)10(13)4-5-12;/h2-3,6,10H,4-5,13H2,1H3;1H/t10-;/m1./s1. The normalized spacial score (nSPS) is 12.0. The molecule has 0 aliphatic carbocycles. The van der Waals surface area contributed by atoms with Gasteiger partial charge in [-0.05, 0) is 30.5 Å². The Hall–Kier alpha value is -0.120. The molecule has 1 aromatic carbocycles. The van der Waals surface area contributed by atoms with Crippen molar-refractivity contribution in [2.24, 2.45) is 5.73 Å². The van der Waals surface area contributed by atoms with Crippen molar-refractivity contribution in [3.63, 3.8) is 0 Å². The number of rotatable bonds is 3. The third-order valence-corrected chi connectivity index (χ3v) is 2.90. The molecule has 2 N–H and O–H groups in total. The van der Waals surface area contributed by atoms with Gasteiger partial charge < -0.3 is 5.73 Å². The highest BCUT2D eigenvalue weighted by molar-refractivity contribution is 9.10. The summed E-state index contributed by atoms with van der Waals surface area (Å²) in [5.41, 5.74) is 7.91. The fourth-order valence-electron chi connectivity index (χ4n) is 1.12. The van der Waals surface area contributed by atoms with Crippen molar-refractivity contribution >= 4 is 28.3 Å². The van der Waals surface area contributed by atoms with E-state index >= 15 is 0 Å². The van der Waals surface area contributed by atoms with E-state index in [1.807, 2.05) is 25.1 Å². The highest BCUT2D eigenvalue weighted by Crippen LogP contribution is 2.22. The van der Waals surface area contributed by atoms with Crippen LogP contribution in [0.1, 0.15) is 23.6 Å². The largest absolute Gasteiger partial charge is 0.324 e. The van der Waals surface area contributed by atoms with Crippen molar-refractivity contribution < 1.29 is 4.39 Å². The molecule has 0 unspecified atom stereocenters. The SMILES string of the molecule is Cc1ccc([C@H](N)CCF)cc1Br.Cl. The van der Waals surface area contributed by atoms with Crippen LogP contribution in [-0.4, -0.2) is 6.67 Å². The number of hydrogen-bond acceptors (Lipinski definition) is 1. The average Bonchev–Trinajstić information content (AvgIpc) is 2.10. The highest BCUT2D eigenvalue weighted by Gasteiger charge is 2.06. The first kappa shape index (κ1) is 13.9. The van der Waals surface area contributed by atoms with Gasteiger partial charge in [0.05, 0.1) is 6.67 Å². The van der Waals surface area contributed by atoms with Gasteiger partial charge in [-0.3, -0.25) is 4.39 Å². The highest BCUT2D eigenvalue weighted by atomic mass is 79.9. The quantitative estimate of drug-likeness (QED) is 0.901. The summed E-state index contributed by atoms with van der Waals surface area (Å²) in [7, 11) is 0. The molecule has 14 heavy (non-hydrogen) atoms. The lowest BCUT2D eigenvalue weighted by atomic mass is 10.0. The molecule has 0 aromatic heterocycles. The van der Waals surface area contributed by atoms with Gasteiger partial charge in [-0.25, -0.2) is 0 Å². The molecule has 1 rings (SSSR count). The Morgan fingerprint density at radius 1 is 1.50 bits per heavy atom. The minimum atomic E-state index is -0.368. The summed E-state index contributed by atoms with van der Waals surface area (Å²) in [4.78, 5) is 0. The van der Waals surface area contributed by atoms with E-state index < -0.39 is 0 Å². The van der Waals surface area contributed by atoms with Crippen LogP contribution >= 0.6 is 28.3 Å². The number of halogens is 3. The topological polar surface area (TPSA) is 26.0 Å². The summed E-state index contributed by atoms with van der Waals surface area (Å²) in [6.07, 6.45) is 0.384. The van der Waals surface area contributed by atoms with Crippen LogP contribution in [0, 0.1) is 6.92 Å². The van der Waals surface area contributed by atoms with Crippen molar-refractivity contribution in [1.82, 2.24) is 0 Å². The predicted octanol–water partition coefficient (Wildman–Crippen LogP) is 3.54. The zero-order chi connectivity index (χ0) is 9.84. The minimum absolute atomic E-state index is 0. The zero-order valence-corrected chi connectivity index (χ0v) is 10.4. The number of nitrogens with two attached hydrogens (primary N) is 1. The van der Waals surface area contributed by atoms with Crippen molar-refractivity contribution in [3.8, 4) is 0 Å². The third-order valence-electron chi connectivity index (χ3n) is 2.04. The van der Waals surface area contributed by atoms with Gasteiger partial charge in [0.25, 0.3) is 0 Å². The summed E-state index contributed by atoms with van der Waals surface area (Å²) in [6.45, 7) is 1.64. The van der Waals surface area contributed by atoms with E-state index in [-0.39, 0.29) is 25.1 Å². The van der Waals surface area contributed by atoms with E-state index in [2.05, 4.69) is 15.9 Å². The van der Waals surface area contributed by atoms with Crippen molar-refractivity contribution in [1.29, 1.82) is 0 Å². The molecule has 0 spiro atoms. The van der Waals surface area contributed by atoms with Crippen molar-refractivity contribution in [3.05, 3.63) is 33.8 Å². The third kappa shape index (κ3) is 3.56. The first-order valence-electron chi connectivity index (χ1n) is 4.22. The minimum Gasteiger partial charge on any atom is -0.324 e. The molecule has 0 bridgehead atoms. The summed E-state index contributed by atoms with van der Waals surface area (Å²) >= 11 is 3.42. The molecule has 80 valence electrons. The molecule has 4 heteroatoms. The first-order valence-corrected chi connectivity index (χ1v) is 5.02. The fraction of sp³-hybridized carbons (Fsp3) is 0.400. The summed E-state index contributed by atoms with van der Waals surface area (Å²) in [5.74, 6) is 0. The van der Waals surface area contributed by atoms with Crippen LogP contribution in [0.2, 0.25) is 0 Å². The Labute approximate surface area is 98.4 Å². The van der Waals surface area contributed by atoms with Gasteiger partial charge in [-0.15, -0.1) is 12.4 Å². The second-order valence-electron chi connectivity index (χ2n) is 3.09. The fourth-order valence-corrected chi connectivity index (χ4v) is 1.52. The lowest BCUT2D eigenvalue weighted by Gasteiger charge is -2.10. The molecule has 0 aliphatic heterocycles. The molecule has 0 amide bonds. The molecule has 0 aliphatic rings. The van der Waals surface area contributed by atoms with Gasteiger partial charge in [-0.1, -0.05) is 28.1 Å². The van der Waals surface area contributed by atoms with Crippen LogP contribution in [0.15, 0.2) is 22.7 Å². The Morgan fingerprint density at radius 2 is 2.14 bits per heavy atom. The number of alkyl halides is 1. The second kappa shape index (κ2) is 6.38. The summed E-state index contributed by atoms with van der Waals surface area (Å²) in [6, 6.07) is 5.69. The second-order valence-corrected chi connectivity index (χ2v) is 3.95. The van der Waals surface area contributed by atoms with E-state index in [1.54, 1.807) is 0 Å². The van der Waals surface area contributed by atoms with Crippen molar-refractivity contribution in [2.45, 2.75) is 19.4 Å². The van der Waals surface area contributed by atoms with Crippen molar-refractivity contribution in [2.75, 3.05) is 6.67 Å². The Bertz CT molecular complexity index is 293. The van der Waals surface area contributed by atoms with Gasteiger partial charge in [0.1, 0.15) is 0 Å². The molecule has 0 fully saturated rings. The summed E-state index contributed by atoms with van der Waals surface area (Å²) < 4.78 is 13.0. The Morgan fingerprint density at radius 3 is 2.64 bits per heavy atom. The molecular formula is C10H14BrClFN. The molecule has 0 heterocycles. The van der Waals surface area contributed by atoms with E-state index in [4.69, 9.17) is 5.73 Å². The Balaban J connectivity index is 0.00000169. The summed E-state index contributed by atoms with van der Waals surface area (Å²) in [5, 5.41) is 0. The van der Waals surface area contributed by atoms with Crippen LogP contribution in [0.4, 0.5) is 4.39 Å².